The van der Waals surface area contributed by atoms with Crippen LogP contribution in [0.25, 0.3) is 6.08 Å². The summed E-state index contributed by atoms with van der Waals surface area (Å²) in [5.74, 6) is 0.122. The van der Waals surface area contributed by atoms with Gasteiger partial charge in [-0.25, -0.2) is 5.43 Å². The summed E-state index contributed by atoms with van der Waals surface area (Å²) in [7, 11) is 4.21. The summed E-state index contributed by atoms with van der Waals surface area (Å²) in [4.78, 5) is 26.6. The number of hydrogen-bond acceptors (Lipinski definition) is 5. The summed E-state index contributed by atoms with van der Waals surface area (Å²) in [5, 5.41) is 4.17. The maximum Gasteiger partial charge on any atom is 0.273 e. The normalized spacial score (nSPS) is 15.5. The molecule has 0 spiro atoms. The van der Waals surface area contributed by atoms with Crippen LogP contribution in [0.1, 0.15) is 60.8 Å². The molecule has 0 aromatic carbocycles. The molecule has 2 N–H and O–H groups in total. The molecule has 2 aromatic rings. The van der Waals surface area contributed by atoms with Crippen LogP contribution < -0.4 is 5.43 Å². The molecule has 2 aromatic heterocycles. The Labute approximate surface area is 172 Å². The number of nitrogens with one attached hydrogen (secondary N) is 2. The molecule has 0 fully saturated rings. The second-order valence-corrected chi connectivity index (χ2v) is 8.02. The molecular weight excluding hydrogens is 364 g/mol. The molecule has 3 rings (SSSR count). The number of unbranched alkanes of at least 4 members (excludes halogenated alkanes) is 1. The lowest BCUT2D eigenvalue weighted by Gasteiger charge is -2.12. The fourth-order valence-corrected chi connectivity index (χ4v) is 3.76. The molecule has 1 aliphatic heterocycles. The minimum atomic E-state index is -0.222. The number of rotatable bonds is 8. The van der Waals surface area contributed by atoms with Gasteiger partial charge in [0.2, 0.25) is 0 Å². The van der Waals surface area contributed by atoms with Crippen molar-refractivity contribution >= 4 is 17.7 Å². The molecule has 0 radical (unpaired) electrons. The summed E-state index contributed by atoms with van der Waals surface area (Å²) < 4.78 is 0. The molecular formula is C22H30N6O. The Balaban J connectivity index is 1.92. The Bertz CT molecular complexity index is 924. The van der Waals surface area contributed by atoms with Crippen LogP contribution in [0.2, 0.25) is 0 Å². The summed E-state index contributed by atoms with van der Waals surface area (Å²) in [6.45, 7) is 7.59. The topological polar surface area (TPSA) is 86.3 Å². The highest BCUT2D eigenvalue weighted by Gasteiger charge is 2.26. The molecule has 7 heteroatoms. The van der Waals surface area contributed by atoms with Crippen LogP contribution in [-0.4, -0.2) is 52.1 Å². The van der Waals surface area contributed by atoms with Crippen LogP contribution in [0, 0.1) is 6.92 Å². The number of aromatic amines is 1. The van der Waals surface area contributed by atoms with Gasteiger partial charge in [-0.1, -0.05) is 13.8 Å². The molecule has 154 valence electrons. The van der Waals surface area contributed by atoms with E-state index in [-0.39, 0.29) is 5.91 Å². The fraction of sp³-hybridized carbons (Fsp3) is 0.455. The maximum absolute atomic E-state index is 12.4. The molecule has 0 atom stereocenters. The van der Waals surface area contributed by atoms with Crippen LogP contribution in [-0.2, 0) is 11.2 Å². The number of aryl methyl sites for hydroxylation is 1. The molecule has 1 aliphatic rings. The number of aromatic nitrogens is 3. The van der Waals surface area contributed by atoms with Crippen LogP contribution in [0.5, 0.6) is 0 Å². The van der Waals surface area contributed by atoms with Gasteiger partial charge in [-0.2, -0.15) is 5.10 Å². The van der Waals surface area contributed by atoms with Crippen molar-refractivity contribution in [2.24, 2.45) is 5.10 Å². The lowest BCUT2D eigenvalue weighted by atomic mass is 9.93. The Morgan fingerprint density at radius 3 is 2.66 bits per heavy atom. The van der Waals surface area contributed by atoms with Gasteiger partial charge in [0.05, 0.1) is 11.8 Å². The van der Waals surface area contributed by atoms with E-state index >= 15 is 0 Å². The van der Waals surface area contributed by atoms with Crippen LogP contribution in [0.4, 0.5) is 0 Å². The standard InChI is InChI=1S/C22H30N6O/c1-14(2)20-16(8-6-7-11-28(4)5)15(3)25-18(20)12-17-21(26-27-22(17)29)19-13-23-9-10-24-19/h9-10,12-14,25H,6-8,11H2,1-5H3,(H,27,29)/b17-12+. The van der Waals surface area contributed by atoms with Crippen molar-refractivity contribution in [3.05, 3.63) is 52.4 Å². The van der Waals surface area contributed by atoms with Gasteiger partial charge in [0.1, 0.15) is 11.4 Å². The number of H-pyrrole nitrogens is 1. The first-order valence-corrected chi connectivity index (χ1v) is 10.1. The van der Waals surface area contributed by atoms with Crippen molar-refractivity contribution in [3.8, 4) is 0 Å². The van der Waals surface area contributed by atoms with E-state index in [2.05, 4.69) is 65.2 Å². The highest BCUT2D eigenvalue weighted by molar-refractivity contribution is 6.32. The molecule has 0 saturated carbocycles. The summed E-state index contributed by atoms with van der Waals surface area (Å²) in [6.07, 6.45) is 10.1. The third-order valence-electron chi connectivity index (χ3n) is 5.11. The monoisotopic (exact) mass is 394 g/mol. The average Bonchev–Trinajstić information content (AvgIpc) is 3.19. The van der Waals surface area contributed by atoms with Gasteiger partial charge in [-0.05, 0) is 69.9 Å². The van der Waals surface area contributed by atoms with Gasteiger partial charge < -0.3 is 9.88 Å². The van der Waals surface area contributed by atoms with Gasteiger partial charge in [0.15, 0.2) is 0 Å². The third-order valence-corrected chi connectivity index (χ3v) is 5.11. The van der Waals surface area contributed by atoms with Crippen molar-refractivity contribution in [3.63, 3.8) is 0 Å². The van der Waals surface area contributed by atoms with E-state index in [1.807, 2.05) is 6.08 Å². The zero-order valence-corrected chi connectivity index (χ0v) is 17.9. The smallest absolute Gasteiger partial charge is 0.273 e. The van der Waals surface area contributed by atoms with E-state index in [1.54, 1.807) is 18.6 Å². The lowest BCUT2D eigenvalue weighted by molar-refractivity contribution is -0.116. The van der Waals surface area contributed by atoms with Gasteiger partial charge in [0.25, 0.3) is 5.91 Å². The predicted octanol–water partition coefficient (Wildman–Crippen LogP) is 3.04. The van der Waals surface area contributed by atoms with Gasteiger partial charge in [-0.3, -0.25) is 14.8 Å². The molecule has 3 heterocycles. The quantitative estimate of drug-likeness (QED) is 0.532. The number of hydrogen-bond donors (Lipinski definition) is 2. The van der Waals surface area contributed by atoms with Crippen molar-refractivity contribution in [2.75, 3.05) is 20.6 Å². The molecule has 7 nitrogen and oxygen atoms in total. The van der Waals surface area contributed by atoms with Crippen LogP contribution in [0.15, 0.2) is 29.3 Å². The SMILES string of the molecule is Cc1[nH]c(/C=C2/C(=O)NN=C2c2cnccn2)c(C(C)C)c1CCCCN(C)C. The van der Waals surface area contributed by atoms with E-state index in [1.165, 1.54) is 16.8 Å². The number of carbonyl (C=O) groups excluding carboxylic acids is 1. The first-order valence-electron chi connectivity index (χ1n) is 10.1. The molecule has 0 bridgehead atoms. The summed E-state index contributed by atoms with van der Waals surface area (Å²) in [5.41, 5.74) is 8.95. The highest BCUT2D eigenvalue weighted by atomic mass is 16.2. The fourth-order valence-electron chi connectivity index (χ4n) is 3.76. The molecule has 0 aliphatic carbocycles. The molecule has 0 unspecified atom stereocenters. The van der Waals surface area contributed by atoms with Gasteiger partial charge >= 0.3 is 0 Å². The summed E-state index contributed by atoms with van der Waals surface area (Å²) >= 11 is 0. The lowest BCUT2D eigenvalue weighted by Crippen LogP contribution is -2.14. The second kappa shape index (κ2) is 9.13. The van der Waals surface area contributed by atoms with E-state index < -0.39 is 0 Å². The number of nitrogens with zero attached hydrogens (tertiary/aromatic N) is 4. The zero-order chi connectivity index (χ0) is 21.0. The van der Waals surface area contributed by atoms with E-state index in [0.717, 1.165) is 31.5 Å². The van der Waals surface area contributed by atoms with E-state index in [4.69, 9.17) is 0 Å². The minimum absolute atomic E-state index is 0.222. The Kier molecular flexibility index (Phi) is 6.59. The third kappa shape index (κ3) is 4.79. The van der Waals surface area contributed by atoms with Crippen molar-refractivity contribution < 1.29 is 4.79 Å². The van der Waals surface area contributed by atoms with Crippen LogP contribution >= 0.6 is 0 Å². The predicted molar refractivity (Wildman–Crippen MR) is 116 cm³/mol. The Morgan fingerprint density at radius 2 is 2.00 bits per heavy atom. The van der Waals surface area contributed by atoms with Crippen molar-refractivity contribution in [1.29, 1.82) is 0 Å². The summed E-state index contributed by atoms with van der Waals surface area (Å²) in [6, 6.07) is 0. The molecule has 0 saturated heterocycles. The van der Waals surface area contributed by atoms with E-state index in [0.29, 0.717) is 22.9 Å². The number of hydrazone groups is 1. The largest absolute Gasteiger partial charge is 0.359 e. The molecule has 1 amide bonds. The Hall–Kier alpha value is -2.80. The minimum Gasteiger partial charge on any atom is -0.359 e. The number of amides is 1. The number of carbonyl (C=O) groups is 1. The Morgan fingerprint density at radius 1 is 1.21 bits per heavy atom. The van der Waals surface area contributed by atoms with Gasteiger partial charge in [0, 0.05) is 23.8 Å². The average molecular weight is 395 g/mol. The van der Waals surface area contributed by atoms with Crippen molar-refractivity contribution in [2.45, 2.75) is 46.0 Å². The van der Waals surface area contributed by atoms with Gasteiger partial charge in [-0.15, -0.1) is 0 Å². The molecule has 29 heavy (non-hydrogen) atoms. The first-order chi connectivity index (χ1) is 13.9. The second-order valence-electron chi connectivity index (χ2n) is 8.02. The maximum atomic E-state index is 12.4. The van der Waals surface area contributed by atoms with Crippen molar-refractivity contribution in [1.82, 2.24) is 25.3 Å². The zero-order valence-electron chi connectivity index (χ0n) is 17.9. The first kappa shape index (κ1) is 20.9. The highest BCUT2D eigenvalue weighted by Crippen LogP contribution is 2.30. The van der Waals surface area contributed by atoms with E-state index in [9.17, 15) is 4.79 Å². The van der Waals surface area contributed by atoms with Crippen LogP contribution in [0.3, 0.4) is 0 Å².